The highest BCUT2D eigenvalue weighted by Crippen LogP contribution is 2.03. The number of allylic oxidation sites excluding steroid dienone is 4. The number of rotatable bonds is 2. The van der Waals surface area contributed by atoms with Crippen LogP contribution in [0.4, 0.5) is 0 Å². The summed E-state index contributed by atoms with van der Waals surface area (Å²) in [7, 11) is 0. The molecule has 0 amide bonds. The van der Waals surface area contributed by atoms with Crippen molar-refractivity contribution in [2.45, 2.75) is 89.0 Å². The van der Waals surface area contributed by atoms with E-state index in [2.05, 4.69) is 159 Å². The van der Waals surface area contributed by atoms with Crippen molar-refractivity contribution in [3.05, 3.63) is 166 Å². The fourth-order valence-corrected chi connectivity index (χ4v) is 2.97. The van der Waals surface area contributed by atoms with E-state index < -0.39 is 0 Å². The normalized spacial score (nSPS) is 9.34. The lowest BCUT2D eigenvalue weighted by Crippen LogP contribution is -1.74. The van der Waals surface area contributed by atoms with Gasteiger partial charge in [-0.05, 0) is 86.3 Å². The maximum absolute atomic E-state index is 2.18. The first kappa shape index (κ1) is 39.5. The topological polar surface area (TPSA) is 0 Å². The monoisotopic (exact) mass is 550 g/mol. The van der Waals surface area contributed by atoms with E-state index in [4.69, 9.17) is 0 Å². The maximum atomic E-state index is 2.18. The Morgan fingerprint density at radius 1 is 0.390 bits per heavy atom. The van der Waals surface area contributed by atoms with Gasteiger partial charge in [-0.25, -0.2) is 0 Å². The summed E-state index contributed by atoms with van der Waals surface area (Å²) in [5.41, 5.74) is 9.39. The molecule has 4 rings (SSSR count). The van der Waals surface area contributed by atoms with Gasteiger partial charge in [-0.15, -0.1) is 0 Å². The molecule has 0 nitrogen and oxygen atoms in total. The minimum Gasteiger partial charge on any atom is -0.0919 e. The van der Waals surface area contributed by atoms with Crippen LogP contribution in [0.5, 0.6) is 0 Å². The fourth-order valence-electron chi connectivity index (χ4n) is 2.97. The highest BCUT2D eigenvalue weighted by molar-refractivity contribution is 5.23. The molecule has 0 fully saturated rings. The average Bonchev–Trinajstić information content (AvgIpc) is 2.97. The smallest absolute Gasteiger partial charge is 0.0379 e. The Labute approximate surface area is 254 Å². The number of hydrogen-bond acceptors (Lipinski definition) is 0. The van der Waals surface area contributed by atoms with Crippen LogP contribution in [0.25, 0.3) is 0 Å². The van der Waals surface area contributed by atoms with Crippen molar-refractivity contribution < 1.29 is 0 Å². The third-order valence-corrected chi connectivity index (χ3v) is 5.73. The molecule has 0 heteroatoms. The van der Waals surface area contributed by atoms with Gasteiger partial charge in [-0.2, -0.15) is 0 Å². The summed E-state index contributed by atoms with van der Waals surface area (Å²) < 4.78 is 0. The quantitative estimate of drug-likeness (QED) is 0.218. The molecule has 41 heavy (non-hydrogen) atoms. The van der Waals surface area contributed by atoms with E-state index in [9.17, 15) is 0 Å². The molecule has 0 unspecified atom stereocenters. The third kappa shape index (κ3) is 27.7. The molecule has 0 spiro atoms. The number of benzene rings is 4. The second kappa shape index (κ2) is 27.9. The van der Waals surface area contributed by atoms with Crippen molar-refractivity contribution in [2.75, 3.05) is 0 Å². The van der Waals surface area contributed by atoms with Crippen LogP contribution in [0.3, 0.4) is 0 Å². The van der Waals surface area contributed by atoms with Crippen molar-refractivity contribution in [1.82, 2.24) is 0 Å². The van der Waals surface area contributed by atoms with Gasteiger partial charge < -0.3 is 0 Å². The first-order chi connectivity index (χ1) is 19.6. The maximum Gasteiger partial charge on any atom is -0.0379 e. The van der Waals surface area contributed by atoms with Crippen LogP contribution >= 0.6 is 0 Å². The number of hydrogen-bond donors (Lipinski definition) is 0. The molecule has 0 heterocycles. The van der Waals surface area contributed by atoms with E-state index in [0.29, 0.717) is 0 Å². The summed E-state index contributed by atoms with van der Waals surface area (Å²) in [5, 5.41) is 0. The van der Waals surface area contributed by atoms with E-state index in [1.807, 2.05) is 44.2 Å². The van der Waals surface area contributed by atoms with E-state index in [-0.39, 0.29) is 0 Å². The lowest BCUT2D eigenvalue weighted by molar-refractivity contribution is 1.16. The van der Waals surface area contributed by atoms with Crippen molar-refractivity contribution in [2.24, 2.45) is 0 Å². The van der Waals surface area contributed by atoms with Gasteiger partial charge in [0.15, 0.2) is 0 Å². The molecule has 0 atom stereocenters. The van der Waals surface area contributed by atoms with E-state index >= 15 is 0 Å². The second-order valence-electron chi connectivity index (χ2n) is 10.0. The van der Waals surface area contributed by atoms with Crippen molar-refractivity contribution in [3.63, 3.8) is 0 Å². The van der Waals surface area contributed by atoms with Gasteiger partial charge in [0.25, 0.3) is 0 Å². The molecule has 4 aromatic rings. The lowest BCUT2D eigenvalue weighted by atomic mass is 10.1. The fraction of sp³-hybridized carbons (Fsp3) is 0.317. The Kier molecular flexibility index (Phi) is 26.9. The van der Waals surface area contributed by atoms with Gasteiger partial charge in [-0.3, -0.25) is 0 Å². The minimum absolute atomic E-state index is 1.17. The molecular formula is C41H58. The summed E-state index contributed by atoms with van der Waals surface area (Å²) >= 11 is 0. The Bertz CT molecular complexity index is 1090. The van der Waals surface area contributed by atoms with Gasteiger partial charge >= 0.3 is 0 Å². The van der Waals surface area contributed by atoms with E-state index in [1.165, 1.54) is 51.8 Å². The van der Waals surface area contributed by atoms with Crippen LogP contribution in [0.1, 0.15) is 79.5 Å². The third-order valence-electron chi connectivity index (χ3n) is 5.73. The summed E-state index contributed by atoms with van der Waals surface area (Å²) in [6.45, 7) is 23.0. The van der Waals surface area contributed by atoms with Crippen LogP contribution in [-0.4, -0.2) is 0 Å². The van der Waals surface area contributed by atoms with Crippen molar-refractivity contribution >= 4 is 0 Å². The van der Waals surface area contributed by atoms with Gasteiger partial charge in [-0.1, -0.05) is 169 Å². The molecule has 0 radical (unpaired) electrons. The van der Waals surface area contributed by atoms with Crippen LogP contribution in [0.15, 0.2) is 127 Å². The molecule has 0 aliphatic rings. The molecule has 0 aliphatic carbocycles. The highest BCUT2D eigenvalue weighted by Gasteiger charge is 1.84. The second-order valence-corrected chi connectivity index (χ2v) is 10.0. The summed E-state index contributed by atoms with van der Waals surface area (Å²) in [6, 6.07) is 35.5. The average molecular weight is 551 g/mol. The first-order valence-electron chi connectivity index (χ1n) is 14.9. The van der Waals surface area contributed by atoms with Crippen LogP contribution in [0, 0.1) is 48.5 Å². The van der Waals surface area contributed by atoms with Gasteiger partial charge in [0.2, 0.25) is 0 Å². The zero-order chi connectivity index (χ0) is 31.3. The summed E-state index contributed by atoms with van der Waals surface area (Å²) in [6.07, 6.45) is 10.7. The molecule has 222 valence electrons. The first-order valence-corrected chi connectivity index (χ1v) is 14.9. The summed E-state index contributed by atoms with van der Waals surface area (Å²) in [5.74, 6) is 0. The molecule has 4 aromatic carbocycles. The van der Waals surface area contributed by atoms with Gasteiger partial charge in [0.1, 0.15) is 0 Å². The molecule has 0 saturated heterocycles. The van der Waals surface area contributed by atoms with Gasteiger partial charge in [0, 0.05) is 0 Å². The SMILES string of the molecule is C/C=C/C.CC/C=C/CC.Cc1ccc(C)cc1.Cc1cccc(C)c1.Cc1ccccc1.Cc1ccccc1C. The Morgan fingerprint density at radius 3 is 0.927 bits per heavy atom. The minimum atomic E-state index is 1.17. The molecule has 0 N–H and O–H groups in total. The molecular weight excluding hydrogens is 492 g/mol. The zero-order valence-electron chi connectivity index (χ0n) is 28.0. The van der Waals surface area contributed by atoms with Crippen LogP contribution in [0.2, 0.25) is 0 Å². The zero-order valence-corrected chi connectivity index (χ0v) is 28.0. The Morgan fingerprint density at radius 2 is 0.707 bits per heavy atom. The lowest BCUT2D eigenvalue weighted by Gasteiger charge is -1.93. The van der Waals surface area contributed by atoms with Crippen LogP contribution < -0.4 is 0 Å². The Balaban J connectivity index is 0. The molecule has 0 aliphatic heterocycles. The van der Waals surface area contributed by atoms with Crippen LogP contribution in [-0.2, 0) is 0 Å². The standard InChI is InChI=1S/3C8H10.C7H8.C6H12.C4H8/c1-7-3-5-8(2)6-4-7;1-7-4-3-5-8(2)6-7;1-7-5-3-4-6-8(7)2;1-7-5-3-2-4-6-7;1-3-5-6-4-2;1-3-4-2/h3*3-6H,1-2H3;2-6H,1H3;5-6H,3-4H2,1-2H3;3-4H,1-2H3/b;;;;6-5+;4-3+. The highest BCUT2D eigenvalue weighted by atomic mass is 13.9. The Hall–Kier alpha value is -3.64. The molecule has 0 saturated carbocycles. The largest absolute Gasteiger partial charge is 0.0919 e. The summed E-state index contributed by atoms with van der Waals surface area (Å²) in [4.78, 5) is 0. The molecule has 0 aromatic heterocycles. The van der Waals surface area contributed by atoms with E-state index in [0.717, 1.165) is 0 Å². The number of aryl methyl sites for hydroxylation is 7. The van der Waals surface area contributed by atoms with E-state index in [1.54, 1.807) is 0 Å². The van der Waals surface area contributed by atoms with Crippen molar-refractivity contribution in [1.29, 1.82) is 0 Å². The predicted molar refractivity (Wildman–Crippen MR) is 189 cm³/mol. The molecule has 0 bridgehead atoms. The predicted octanol–water partition coefficient (Wildman–Crippen LogP) is 12.9. The van der Waals surface area contributed by atoms with Gasteiger partial charge in [0.05, 0.1) is 0 Å². The van der Waals surface area contributed by atoms with Crippen molar-refractivity contribution in [3.8, 4) is 0 Å².